The van der Waals surface area contributed by atoms with Crippen molar-refractivity contribution in [1.29, 1.82) is 0 Å². The van der Waals surface area contributed by atoms with Gasteiger partial charge in [0.25, 0.3) is 0 Å². The molecule has 1 aromatic rings. The molecule has 2 atom stereocenters. The number of fused-ring (bicyclic) bond motifs is 1. The second-order valence-corrected chi connectivity index (χ2v) is 5.87. The van der Waals surface area contributed by atoms with E-state index in [9.17, 15) is 9.90 Å². The van der Waals surface area contributed by atoms with Crippen LogP contribution in [0.4, 0.5) is 0 Å². The van der Waals surface area contributed by atoms with Crippen molar-refractivity contribution in [3.05, 3.63) is 22.3 Å². The molecule has 4 nitrogen and oxygen atoms in total. The summed E-state index contributed by atoms with van der Waals surface area (Å²) in [6.07, 6.45) is 0.698. The van der Waals surface area contributed by atoms with E-state index in [1.807, 2.05) is 27.7 Å². The van der Waals surface area contributed by atoms with Crippen LogP contribution in [0.3, 0.4) is 0 Å². The van der Waals surface area contributed by atoms with Gasteiger partial charge in [0.05, 0.1) is 0 Å². The van der Waals surface area contributed by atoms with Gasteiger partial charge in [-0.2, -0.15) is 0 Å². The minimum absolute atomic E-state index is 0.0269. The molecule has 0 radical (unpaired) electrons. The molecule has 0 fully saturated rings. The number of esters is 1. The summed E-state index contributed by atoms with van der Waals surface area (Å²) >= 11 is 0. The molecule has 0 bridgehead atoms. The molecule has 20 heavy (non-hydrogen) atoms. The SMILES string of the molecule is CC(=O)Oc1c(C)c(C)c2c(c1C)CC(C)C(C)(O)O2. The summed E-state index contributed by atoms with van der Waals surface area (Å²) in [6.45, 7) is 10.8. The van der Waals surface area contributed by atoms with Gasteiger partial charge in [-0.25, -0.2) is 0 Å². The maximum absolute atomic E-state index is 11.3. The Labute approximate surface area is 119 Å². The summed E-state index contributed by atoms with van der Waals surface area (Å²) < 4.78 is 11.2. The number of carbonyl (C=O) groups excluding carboxylic acids is 1. The Hall–Kier alpha value is -1.55. The van der Waals surface area contributed by atoms with Crippen LogP contribution < -0.4 is 9.47 Å². The van der Waals surface area contributed by atoms with Crippen LogP contribution in [-0.4, -0.2) is 16.9 Å². The van der Waals surface area contributed by atoms with Gasteiger partial charge in [-0.15, -0.1) is 0 Å². The third kappa shape index (κ3) is 2.29. The monoisotopic (exact) mass is 278 g/mol. The highest BCUT2D eigenvalue weighted by molar-refractivity contribution is 5.72. The van der Waals surface area contributed by atoms with Crippen molar-refractivity contribution < 1.29 is 19.4 Å². The van der Waals surface area contributed by atoms with Crippen LogP contribution in [0.5, 0.6) is 11.5 Å². The van der Waals surface area contributed by atoms with Crippen molar-refractivity contribution in [2.45, 2.75) is 53.8 Å². The van der Waals surface area contributed by atoms with E-state index in [1.165, 1.54) is 6.92 Å². The quantitative estimate of drug-likeness (QED) is 0.634. The van der Waals surface area contributed by atoms with Gasteiger partial charge >= 0.3 is 5.97 Å². The fourth-order valence-corrected chi connectivity index (χ4v) is 2.64. The number of rotatable bonds is 1. The molecular formula is C16H22O4. The van der Waals surface area contributed by atoms with Crippen LogP contribution in [-0.2, 0) is 11.2 Å². The Kier molecular flexibility index (Phi) is 3.54. The molecule has 2 unspecified atom stereocenters. The summed E-state index contributed by atoms with van der Waals surface area (Å²) in [5.41, 5.74) is 3.72. The summed E-state index contributed by atoms with van der Waals surface area (Å²) in [7, 11) is 0. The maximum atomic E-state index is 11.3. The Morgan fingerprint density at radius 1 is 1.30 bits per heavy atom. The average Bonchev–Trinajstić information content (AvgIpc) is 2.34. The normalized spacial score (nSPS) is 24.9. The van der Waals surface area contributed by atoms with Crippen LogP contribution in [0.15, 0.2) is 0 Å². The van der Waals surface area contributed by atoms with Crippen LogP contribution in [0.1, 0.15) is 43.0 Å². The zero-order chi connectivity index (χ0) is 15.2. The number of hydrogen-bond donors (Lipinski definition) is 1. The van der Waals surface area contributed by atoms with E-state index in [2.05, 4.69) is 0 Å². The summed E-state index contributed by atoms with van der Waals surface area (Å²) in [6, 6.07) is 0. The zero-order valence-corrected chi connectivity index (χ0v) is 13.0. The first kappa shape index (κ1) is 14.9. The van der Waals surface area contributed by atoms with Crippen molar-refractivity contribution in [2.75, 3.05) is 0 Å². The van der Waals surface area contributed by atoms with Crippen molar-refractivity contribution >= 4 is 5.97 Å². The molecule has 0 spiro atoms. The minimum Gasteiger partial charge on any atom is -0.462 e. The molecule has 0 saturated carbocycles. The number of carbonyl (C=O) groups is 1. The molecule has 110 valence electrons. The highest BCUT2D eigenvalue weighted by Crippen LogP contribution is 2.44. The molecule has 1 heterocycles. The molecule has 1 aliphatic rings. The summed E-state index contributed by atoms with van der Waals surface area (Å²) in [5, 5.41) is 10.3. The zero-order valence-electron chi connectivity index (χ0n) is 13.0. The van der Waals surface area contributed by atoms with Crippen LogP contribution in [0.25, 0.3) is 0 Å². The lowest BCUT2D eigenvalue weighted by molar-refractivity contribution is -0.167. The lowest BCUT2D eigenvalue weighted by Gasteiger charge is -2.38. The van der Waals surface area contributed by atoms with E-state index >= 15 is 0 Å². The number of benzene rings is 1. The molecule has 0 aromatic heterocycles. The van der Waals surface area contributed by atoms with Crippen molar-refractivity contribution in [2.24, 2.45) is 5.92 Å². The minimum atomic E-state index is -1.17. The van der Waals surface area contributed by atoms with Gasteiger partial charge in [0.2, 0.25) is 5.79 Å². The molecule has 0 aliphatic carbocycles. The van der Waals surface area contributed by atoms with Gasteiger partial charge in [0, 0.05) is 25.3 Å². The van der Waals surface area contributed by atoms with Gasteiger partial charge in [-0.1, -0.05) is 6.92 Å². The molecule has 1 N–H and O–H groups in total. The van der Waals surface area contributed by atoms with Gasteiger partial charge in [-0.05, 0) is 43.9 Å². The van der Waals surface area contributed by atoms with Crippen LogP contribution in [0.2, 0.25) is 0 Å². The second-order valence-electron chi connectivity index (χ2n) is 5.87. The number of ether oxygens (including phenoxy) is 2. The van der Waals surface area contributed by atoms with Gasteiger partial charge in [0.1, 0.15) is 11.5 Å². The first-order valence-electron chi connectivity index (χ1n) is 6.87. The third-order valence-electron chi connectivity index (χ3n) is 4.29. The van der Waals surface area contributed by atoms with Gasteiger partial charge in [-0.3, -0.25) is 4.79 Å². The highest BCUT2D eigenvalue weighted by atomic mass is 16.6. The lowest BCUT2D eigenvalue weighted by atomic mass is 9.85. The van der Waals surface area contributed by atoms with Crippen LogP contribution in [0, 0.1) is 26.7 Å². The Bertz CT molecular complexity index is 573. The molecule has 0 saturated heterocycles. The van der Waals surface area contributed by atoms with E-state index in [1.54, 1.807) is 6.92 Å². The lowest BCUT2D eigenvalue weighted by Crippen LogP contribution is -2.44. The fourth-order valence-electron chi connectivity index (χ4n) is 2.64. The smallest absolute Gasteiger partial charge is 0.308 e. The molecule has 4 heteroatoms. The maximum Gasteiger partial charge on any atom is 0.308 e. The van der Waals surface area contributed by atoms with Crippen molar-refractivity contribution in [3.63, 3.8) is 0 Å². The van der Waals surface area contributed by atoms with Gasteiger partial charge < -0.3 is 14.6 Å². The third-order valence-corrected chi connectivity index (χ3v) is 4.29. The Morgan fingerprint density at radius 3 is 2.45 bits per heavy atom. The van der Waals surface area contributed by atoms with E-state index in [0.717, 1.165) is 28.0 Å². The van der Waals surface area contributed by atoms with E-state index < -0.39 is 5.79 Å². The molecule has 1 aromatic carbocycles. The second kappa shape index (κ2) is 4.77. The highest BCUT2D eigenvalue weighted by Gasteiger charge is 2.38. The van der Waals surface area contributed by atoms with E-state index in [0.29, 0.717) is 12.2 Å². The number of hydrogen-bond acceptors (Lipinski definition) is 4. The largest absolute Gasteiger partial charge is 0.462 e. The topological polar surface area (TPSA) is 55.8 Å². The van der Waals surface area contributed by atoms with Crippen molar-refractivity contribution in [1.82, 2.24) is 0 Å². The van der Waals surface area contributed by atoms with E-state index in [4.69, 9.17) is 9.47 Å². The predicted octanol–water partition coefficient (Wildman–Crippen LogP) is 2.82. The summed E-state index contributed by atoms with van der Waals surface area (Å²) in [4.78, 5) is 11.3. The molecule has 1 aliphatic heterocycles. The summed E-state index contributed by atoms with van der Waals surface area (Å²) in [5.74, 6) is -0.182. The first-order chi connectivity index (χ1) is 9.15. The number of aliphatic hydroxyl groups is 1. The van der Waals surface area contributed by atoms with Crippen LogP contribution >= 0.6 is 0 Å². The Morgan fingerprint density at radius 2 is 1.90 bits per heavy atom. The average molecular weight is 278 g/mol. The van der Waals surface area contributed by atoms with E-state index in [-0.39, 0.29) is 11.9 Å². The standard InChI is InChI=1S/C16H22O4/c1-8-7-13-11(4)14(19-12(5)17)9(2)10(3)15(13)20-16(8,6)18/h8,18H,7H2,1-6H3. The first-order valence-corrected chi connectivity index (χ1v) is 6.87. The van der Waals surface area contributed by atoms with Crippen molar-refractivity contribution in [3.8, 4) is 11.5 Å². The van der Waals surface area contributed by atoms with Gasteiger partial charge in [0.15, 0.2) is 0 Å². The Balaban J connectivity index is 2.63. The predicted molar refractivity (Wildman–Crippen MR) is 76.1 cm³/mol. The molecule has 2 rings (SSSR count). The molecule has 0 amide bonds. The fraction of sp³-hybridized carbons (Fsp3) is 0.562. The molecular weight excluding hydrogens is 256 g/mol.